The first-order chi connectivity index (χ1) is 34.6. The van der Waals surface area contributed by atoms with E-state index < -0.39 is 119 Å². The van der Waals surface area contributed by atoms with Crippen molar-refractivity contribution in [3.05, 3.63) is 0 Å². The van der Waals surface area contributed by atoms with Crippen molar-refractivity contribution in [2.75, 3.05) is 0 Å². The largest absolute Gasteiger partial charge is 1.00 e. The van der Waals surface area contributed by atoms with Gasteiger partial charge in [-0.05, 0) is 0 Å². The Morgan fingerprint density at radius 3 is 0.100 bits per heavy atom. The van der Waals surface area contributed by atoms with E-state index in [1.54, 1.807) is 0 Å². The smallest absolute Gasteiger partial charge is 1.00 e. The third-order valence-corrected chi connectivity index (χ3v) is 0. The maximum atomic E-state index is 9.00. The zero-order valence-electron chi connectivity index (χ0n) is 87.1. The average molecular weight is 1680 g/mol. The second kappa shape index (κ2) is 260. The number of hydrogen-bond donors (Lipinski definition) is 20. The van der Waals surface area contributed by atoms with Gasteiger partial charge in [0, 0.05) is 138 Å². The molecule has 0 unspecified atom stereocenters. The van der Waals surface area contributed by atoms with E-state index in [-0.39, 0.29) is 620 Å². The van der Waals surface area contributed by atoms with Crippen LogP contribution in [-0.4, -0.2) is 222 Å². The summed E-state index contributed by atoms with van der Waals surface area (Å²) >= 11 is 0. The van der Waals surface area contributed by atoms with Crippen molar-refractivity contribution in [1.29, 1.82) is 0 Å². The van der Waals surface area contributed by atoms with E-state index in [4.69, 9.17) is 198 Å². The molecule has 60 heteroatoms. The molecule has 0 saturated carbocycles. The zero-order chi connectivity index (χ0) is 71.5. The second-order valence-electron chi connectivity index (χ2n) is 10.4. The fourth-order valence-corrected chi connectivity index (χ4v) is 0. The van der Waals surface area contributed by atoms with Crippen LogP contribution in [0.3, 0.4) is 0 Å². The van der Waals surface area contributed by atoms with E-state index in [0.29, 0.717) is 0 Å². The summed E-state index contributed by atoms with van der Waals surface area (Å²) in [5.74, 6) is -16.7. The van der Waals surface area contributed by atoms with Gasteiger partial charge in [0.1, 0.15) is 0 Å². The molecule has 0 aromatic heterocycles. The SMILES string of the molecule is CC(=O)O.CC(=O)O.CC(=O)O.CC(=O)O.CC(=O)O.CC(=O)O.CC(=O)O.CC(=O)O.CC(=O)O.CC(=O)O.CC(=O)O.CC(=O)O.CC(=O)O.CC(=O)O.CC(=O)O.CC(=O)O.CC(=O)O.CC(=O)O.CC(=O)O.CC(=O)O.[H-].[H-].[H-].[H-].[H-].[H-].[H-].[H-].[H-].[H-].[H-].[H-].[H-].[H-].[H-].[H-].[H-].[H-].[H-].[H-].[Na+].[Na+].[Na+].[Na+].[Na+].[Na+].[Na+].[Na+].[Na+].[Na+].[Na+].[Na+].[Na+].[Na+].[Na+].[Na+].[Na+].[Na+].[Na+].[Na+]. The number of aliphatic carboxylic acids is 20. The molecule has 0 bridgehead atoms. The summed E-state index contributed by atoms with van der Waals surface area (Å²) in [6.45, 7) is 21.7. The predicted octanol–water partition coefficient (Wildman–Crippen LogP) is -55.9. The topological polar surface area (TPSA) is 746 Å². The van der Waals surface area contributed by atoms with Gasteiger partial charge in [0.2, 0.25) is 0 Å². The molecular weight excluding hydrogens is 1580 g/mol. The van der Waals surface area contributed by atoms with Crippen molar-refractivity contribution in [1.82, 2.24) is 0 Å². The van der Waals surface area contributed by atoms with Gasteiger partial charge >= 0.3 is 591 Å². The molecule has 0 aromatic carbocycles. The van der Waals surface area contributed by atoms with Gasteiger partial charge in [-0.1, -0.05) is 0 Å². The molecule has 0 amide bonds. The summed E-state index contributed by atoms with van der Waals surface area (Å²) in [7, 11) is 0. The first kappa shape index (κ1) is 267. The van der Waals surface area contributed by atoms with Gasteiger partial charge in [-0.25, -0.2) is 0 Å². The van der Waals surface area contributed by atoms with Crippen LogP contribution in [0, 0.1) is 0 Å². The van der Waals surface area contributed by atoms with Crippen LogP contribution in [0.25, 0.3) is 0 Å². The number of carboxylic acid groups (broad SMARTS) is 20. The molecule has 520 valence electrons. The first-order valence-corrected chi connectivity index (χ1v) is 18.6. The van der Waals surface area contributed by atoms with Crippen molar-refractivity contribution >= 4 is 119 Å². The van der Waals surface area contributed by atoms with Gasteiger partial charge in [0.05, 0.1) is 0 Å². The van der Waals surface area contributed by atoms with Crippen LogP contribution in [-0.2, 0) is 95.9 Å². The molecule has 0 saturated heterocycles. The Morgan fingerprint density at radius 2 is 0.100 bits per heavy atom. The van der Waals surface area contributed by atoms with Gasteiger partial charge < -0.3 is 131 Å². The Hall–Kier alpha value is 9.40. The second-order valence-corrected chi connectivity index (χ2v) is 10.4. The van der Waals surface area contributed by atoms with Crippen molar-refractivity contribution in [3.63, 3.8) is 0 Å². The van der Waals surface area contributed by atoms with Gasteiger partial charge in [-0.3, -0.25) is 95.9 Å². The van der Waals surface area contributed by atoms with Crippen LogP contribution >= 0.6 is 0 Å². The molecule has 0 aliphatic heterocycles. The molecule has 0 aliphatic rings. The number of rotatable bonds is 0. The Labute approximate surface area is 1050 Å². The number of carbonyl (C=O) groups is 20. The minimum Gasteiger partial charge on any atom is -1.00 e. The molecule has 0 spiro atoms. The molecular formula is C40H100Na20O40. The Kier molecular flexibility index (Phi) is 693. The van der Waals surface area contributed by atoms with Gasteiger partial charge in [-0.15, -0.1) is 0 Å². The van der Waals surface area contributed by atoms with Crippen LogP contribution in [0.2, 0.25) is 0 Å². The minimum absolute atomic E-state index is 0. The number of carboxylic acids is 20. The summed E-state index contributed by atoms with van der Waals surface area (Å²) in [6.07, 6.45) is 0. The molecule has 0 aromatic rings. The van der Waals surface area contributed by atoms with E-state index in [1.165, 1.54) is 0 Å². The average Bonchev–Trinajstić information content (AvgIpc) is 2.99. The molecule has 100 heavy (non-hydrogen) atoms. The normalized spacial score (nSPS) is 5.00. The summed E-state index contributed by atoms with van der Waals surface area (Å²) in [4.78, 5) is 180. The monoisotopic (exact) mass is 1680 g/mol. The first-order valence-electron chi connectivity index (χ1n) is 18.6. The Balaban J connectivity index is -0.00000000535. The molecule has 0 heterocycles. The Bertz CT molecular complexity index is 1210. The van der Waals surface area contributed by atoms with E-state index in [9.17, 15) is 0 Å². The van der Waals surface area contributed by atoms with E-state index in [0.717, 1.165) is 138 Å². The molecule has 0 radical (unpaired) electrons. The molecule has 0 rings (SSSR count). The van der Waals surface area contributed by atoms with Crippen LogP contribution in [0.15, 0.2) is 0 Å². The molecule has 0 atom stereocenters. The summed E-state index contributed by atoms with van der Waals surface area (Å²) in [6, 6.07) is 0. The minimum atomic E-state index is -0.833. The third-order valence-electron chi connectivity index (χ3n) is 0. The van der Waals surface area contributed by atoms with Crippen molar-refractivity contribution < 1.29 is 818 Å². The summed E-state index contributed by atoms with van der Waals surface area (Å²) < 4.78 is 0. The van der Waals surface area contributed by atoms with E-state index >= 15 is 0 Å². The van der Waals surface area contributed by atoms with Crippen molar-refractivity contribution in [2.45, 2.75) is 138 Å². The maximum Gasteiger partial charge on any atom is 1.00 e. The van der Waals surface area contributed by atoms with Gasteiger partial charge in [0.15, 0.2) is 0 Å². The summed E-state index contributed by atoms with van der Waals surface area (Å²) in [5.41, 5.74) is 0. The van der Waals surface area contributed by atoms with Crippen LogP contribution in [0.4, 0.5) is 0 Å². The Morgan fingerprint density at radius 1 is 0.100 bits per heavy atom. The van der Waals surface area contributed by atoms with Crippen LogP contribution in [0.5, 0.6) is 0 Å². The fraction of sp³-hybridized carbons (Fsp3) is 0.500. The van der Waals surface area contributed by atoms with Crippen molar-refractivity contribution in [3.8, 4) is 0 Å². The van der Waals surface area contributed by atoms with Gasteiger partial charge in [-0.2, -0.15) is 0 Å². The van der Waals surface area contributed by atoms with Crippen molar-refractivity contribution in [2.24, 2.45) is 0 Å². The number of hydrogen-bond acceptors (Lipinski definition) is 20. The van der Waals surface area contributed by atoms with Crippen LogP contribution < -0.4 is 591 Å². The molecule has 40 nitrogen and oxygen atoms in total. The van der Waals surface area contributed by atoms with Crippen LogP contribution in [0.1, 0.15) is 167 Å². The van der Waals surface area contributed by atoms with E-state index in [1.807, 2.05) is 0 Å². The van der Waals surface area contributed by atoms with E-state index in [2.05, 4.69) is 0 Å². The fourth-order valence-electron chi connectivity index (χ4n) is 0. The quantitative estimate of drug-likeness (QED) is 0.100. The molecule has 20 N–H and O–H groups in total. The molecule has 0 fully saturated rings. The maximum absolute atomic E-state index is 9.00. The predicted molar refractivity (Wildman–Crippen MR) is 288 cm³/mol. The molecule has 0 aliphatic carbocycles. The summed E-state index contributed by atoms with van der Waals surface area (Å²) in [5, 5.41) is 148. The zero-order valence-corrected chi connectivity index (χ0v) is 107. The third kappa shape index (κ3) is 13800. The van der Waals surface area contributed by atoms with Gasteiger partial charge in [0.25, 0.3) is 119 Å². The standard InChI is InChI=1S/20C2H4O2.20Na.20H/c20*1-2(3)4;;;;;;;;;;;;;;;;;;;;;;;;;;;;;;;;;;;;;;;;/h20*1H3,(H,3,4);;;;;;;;;;;;;;;;;;;;;;;;;;;;;;;;;;;;;;;;/q;;;;;;;;;;;;;;;;;;;;20*+1;20*-1.